The molecule has 2 aromatic carbocycles. The molecule has 11 heteroatoms. The van der Waals surface area contributed by atoms with E-state index in [1.54, 1.807) is 28.4 Å². The normalized spacial score (nSPS) is 20.4. The fourth-order valence-corrected chi connectivity index (χ4v) is 9.65. The molecule has 2 aliphatic heterocycles. The van der Waals surface area contributed by atoms with Gasteiger partial charge in [0.05, 0.1) is 18.8 Å². The smallest absolute Gasteiger partial charge is 0.341 e. The van der Waals surface area contributed by atoms with Gasteiger partial charge in [-0.25, -0.2) is 13.2 Å². The predicted molar refractivity (Wildman–Crippen MR) is 217 cm³/mol. The average Bonchev–Trinajstić information content (AvgIpc) is 3.13. The number of carboxylic acids is 1. The van der Waals surface area contributed by atoms with Crippen LogP contribution >= 0.6 is 0 Å². The van der Waals surface area contributed by atoms with E-state index in [2.05, 4.69) is 54.2 Å². The third-order valence-corrected chi connectivity index (χ3v) is 14.2. The molecule has 1 N–H and O–H groups in total. The number of hydrogen-bond acceptors (Lipinski definition) is 7. The molecule has 2 fully saturated rings. The Bertz CT molecular complexity index is 1790. The highest BCUT2D eigenvalue weighted by atomic mass is 32.2. The first-order valence-electron chi connectivity index (χ1n) is 20.1. The van der Waals surface area contributed by atoms with E-state index in [0.717, 1.165) is 59.9 Å². The van der Waals surface area contributed by atoms with Gasteiger partial charge in [-0.1, -0.05) is 78.7 Å². The van der Waals surface area contributed by atoms with Crippen LogP contribution in [0, 0.1) is 18.3 Å². The summed E-state index contributed by atoms with van der Waals surface area (Å²) in [6, 6.07) is 9.59. The Labute approximate surface area is 330 Å². The first kappa shape index (κ1) is 44.3. The summed E-state index contributed by atoms with van der Waals surface area (Å²) in [5.74, 6) is -0.163. The molecule has 1 amide bonds. The molecule has 1 spiro atoms. The van der Waals surface area contributed by atoms with Gasteiger partial charge in [0.1, 0.15) is 23.0 Å². The topological polar surface area (TPSA) is 123 Å². The van der Waals surface area contributed by atoms with Gasteiger partial charge in [0.15, 0.2) is 6.61 Å². The number of benzene rings is 2. The van der Waals surface area contributed by atoms with Crippen molar-refractivity contribution in [1.82, 2.24) is 9.21 Å². The van der Waals surface area contributed by atoms with E-state index < -0.39 is 22.6 Å². The summed E-state index contributed by atoms with van der Waals surface area (Å²) >= 11 is 0. The number of aryl methyl sites for hydroxylation is 1. The molecular formula is C44H66N2O8S. The van der Waals surface area contributed by atoms with Crippen molar-refractivity contribution in [3.63, 3.8) is 0 Å². The zero-order chi connectivity index (χ0) is 40.9. The molecule has 306 valence electrons. The van der Waals surface area contributed by atoms with Gasteiger partial charge in [0.25, 0.3) is 0 Å². The highest BCUT2D eigenvalue weighted by Gasteiger charge is 2.52. The van der Waals surface area contributed by atoms with Gasteiger partial charge in [0, 0.05) is 38.5 Å². The molecule has 0 unspecified atom stereocenters. The number of unbranched alkanes of at least 4 members (excludes halogenated alkanes) is 1. The summed E-state index contributed by atoms with van der Waals surface area (Å²) in [6.45, 7) is 23.4. The second-order valence-corrected chi connectivity index (χ2v) is 18.8. The van der Waals surface area contributed by atoms with Crippen LogP contribution < -0.4 is 9.47 Å². The maximum atomic E-state index is 14.7. The molecule has 2 aliphatic rings. The van der Waals surface area contributed by atoms with E-state index in [1.165, 1.54) is 6.92 Å². The highest BCUT2D eigenvalue weighted by Crippen LogP contribution is 2.56. The Balaban J connectivity index is 1.69. The molecule has 10 nitrogen and oxygen atoms in total. The number of carbonyl (C=O) groups excluding carboxylic acids is 1. The summed E-state index contributed by atoms with van der Waals surface area (Å²) < 4.78 is 50.2. The average molecular weight is 783 g/mol. The van der Waals surface area contributed by atoms with E-state index in [0.29, 0.717) is 44.0 Å². The molecule has 4 rings (SSSR count). The van der Waals surface area contributed by atoms with Crippen molar-refractivity contribution in [3.8, 4) is 11.5 Å². The Morgan fingerprint density at radius 1 is 1.09 bits per heavy atom. The van der Waals surface area contributed by atoms with E-state index in [-0.39, 0.29) is 52.3 Å². The highest BCUT2D eigenvalue weighted by molar-refractivity contribution is 7.89. The van der Waals surface area contributed by atoms with E-state index in [9.17, 15) is 23.1 Å². The fraction of sp³-hybridized carbons (Fsp3) is 0.636. The number of sulfonamides is 1. The monoisotopic (exact) mass is 782 g/mol. The second-order valence-electron chi connectivity index (χ2n) is 16.9. The third-order valence-electron chi connectivity index (χ3n) is 12.3. The van der Waals surface area contributed by atoms with Crippen LogP contribution in [0.2, 0.25) is 0 Å². The number of nitrogens with zero attached hydrogens (tertiary/aromatic N) is 2. The summed E-state index contributed by atoms with van der Waals surface area (Å²) in [7, 11) is -2.26. The summed E-state index contributed by atoms with van der Waals surface area (Å²) in [5.41, 5.74) is 4.30. The SMILES string of the molecule is C=C(C)[C@@H]1CC2(CCN(S(=O)(=O)c3cc(C(C)(C)CC)ccc3OCCN(C)C(C)=O)CC2)[C@@H](CCCC)O[C@H]1c1c(C)cc(C(C)C)cc1OCC(=O)O. The van der Waals surface area contributed by atoms with Crippen molar-refractivity contribution in [2.24, 2.45) is 11.3 Å². The van der Waals surface area contributed by atoms with Crippen molar-refractivity contribution in [1.29, 1.82) is 0 Å². The number of aliphatic carboxylic acids is 1. The molecule has 3 atom stereocenters. The Kier molecular flexibility index (Phi) is 14.7. The molecule has 0 saturated carbocycles. The van der Waals surface area contributed by atoms with Crippen molar-refractivity contribution < 1.29 is 37.3 Å². The molecule has 0 bridgehead atoms. The quantitative estimate of drug-likeness (QED) is 0.158. The molecule has 2 saturated heterocycles. The maximum Gasteiger partial charge on any atom is 0.341 e. The van der Waals surface area contributed by atoms with E-state index >= 15 is 0 Å². The number of carbonyl (C=O) groups is 2. The van der Waals surface area contributed by atoms with Gasteiger partial charge >= 0.3 is 5.97 Å². The van der Waals surface area contributed by atoms with Gasteiger partial charge in [0.2, 0.25) is 15.9 Å². The minimum absolute atomic E-state index is 0.0853. The lowest BCUT2D eigenvalue weighted by Gasteiger charge is -2.54. The zero-order valence-electron chi connectivity index (χ0n) is 35.0. The van der Waals surface area contributed by atoms with E-state index in [4.69, 9.17) is 14.2 Å². The van der Waals surface area contributed by atoms with Crippen LogP contribution in [-0.2, 0) is 29.8 Å². The minimum Gasteiger partial charge on any atom is -0.490 e. The van der Waals surface area contributed by atoms with Crippen molar-refractivity contribution in [3.05, 3.63) is 64.7 Å². The van der Waals surface area contributed by atoms with Crippen LogP contribution in [0.25, 0.3) is 0 Å². The number of amides is 1. The van der Waals surface area contributed by atoms with E-state index in [1.807, 2.05) is 26.0 Å². The molecule has 55 heavy (non-hydrogen) atoms. The van der Waals surface area contributed by atoms with Gasteiger partial charge in [-0.05, 0) is 97.6 Å². The van der Waals surface area contributed by atoms with Crippen LogP contribution in [0.4, 0.5) is 0 Å². The van der Waals surface area contributed by atoms with Crippen LogP contribution in [0.3, 0.4) is 0 Å². The summed E-state index contributed by atoms with van der Waals surface area (Å²) in [4.78, 5) is 25.2. The lowest BCUT2D eigenvalue weighted by atomic mass is 9.63. The summed E-state index contributed by atoms with van der Waals surface area (Å²) in [5, 5.41) is 9.54. The molecule has 0 aliphatic carbocycles. The lowest BCUT2D eigenvalue weighted by molar-refractivity contribution is -0.170. The maximum absolute atomic E-state index is 14.7. The first-order valence-corrected chi connectivity index (χ1v) is 21.5. The van der Waals surface area contributed by atoms with Crippen molar-refractivity contribution in [2.45, 2.75) is 136 Å². The number of ether oxygens (including phenoxy) is 3. The number of piperidine rings is 1. The van der Waals surface area contributed by atoms with Crippen LogP contribution in [0.5, 0.6) is 11.5 Å². The Morgan fingerprint density at radius 2 is 1.76 bits per heavy atom. The van der Waals surface area contributed by atoms with Gasteiger partial charge in [-0.2, -0.15) is 4.31 Å². The van der Waals surface area contributed by atoms with Gasteiger partial charge in [-0.15, -0.1) is 0 Å². The van der Waals surface area contributed by atoms with Crippen molar-refractivity contribution in [2.75, 3.05) is 39.9 Å². The second kappa shape index (κ2) is 18.2. The number of hydrogen-bond donors (Lipinski definition) is 1. The standard InChI is InChI=1S/C44H66N2O8S/c1-12-14-15-39-44(27-35(30(5)6)42(54-39)41-31(7)24-33(29(3)4)25-37(41)53-28-40(48)49)18-20-46(21-19-44)55(50,51)38-26-34(43(9,10)13-2)16-17-36(38)52-23-22-45(11)32(8)47/h16-17,24-26,29,35,39,42H,5,12-15,18-23,27-28H2,1-4,6-11H3,(H,48,49)/t35-,39+,42+/m0/s1. The number of likely N-dealkylation sites (N-methyl/N-ethyl adjacent to an activating group) is 1. The molecule has 2 heterocycles. The number of rotatable bonds is 17. The molecule has 0 radical (unpaired) electrons. The van der Waals surface area contributed by atoms with Crippen LogP contribution in [-0.4, -0.2) is 80.6 Å². The predicted octanol–water partition coefficient (Wildman–Crippen LogP) is 8.81. The largest absolute Gasteiger partial charge is 0.490 e. The minimum atomic E-state index is -3.95. The number of carboxylic acid groups (broad SMARTS) is 1. The van der Waals surface area contributed by atoms with Crippen molar-refractivity contribution >= 4 is 21.9 Å². The first-order chi connectivity index (χ1) is 25.8. The Morgan fingerprint density at radius 3 is 2.33 bits per heavy atom. The lowest BCUT2D eigenvalue weighted by Crippen LogP contribution is -2.53. The van der Waals surface area contributed by atoms with Gasteiger partial charge < -0.3 is 24.2 Å². The van der Waals surface area contributed by atoms with Crippen LogP contribution in [0.15, 0.2) is 47.4 Å². The molecule has 2 aromatic rings. The fourth-order valence-electron chi connectivity index (χ4n) is 8.05. The zero-order valence-corrected chi connectivity index (χ0v) is 35.8. The van der Waals surface area contributed by atoms with Crippen LogP contribution in [0.1, 0.15) is 135 Å². The summed E-state index contributed by atoms with van der Waals surface area (Å²) in [6.07, 6.45) is 5.13. The Hall–Kier alpha value is -3.41. The van der Waals surface area contributed by atoms with Gasteiger partial charge in [-0.3, -0.25) is 4.79 Å². The molecular weight excluding hydrogens is 717 g/mol. The third kappa shape index (κ3) is 10.1. The molecule has 0 aromatic heterocycles.